The number of rotatable bonds is 10. The number of carbonyl (C=O) groups excluding carboxylic acids is 3. The first-order valence-corrected chi connectivity index (χ1v) is 11.4. The average molecular weight is 547 g/mol. The third kappa shape index (κ3) is 7.43. The van der Waals surface area contributed by atoms with E-state index in [1.165, 1.54) is 24.3 Å². The maximum absolute atomic E-state index is 14.5. The van der Waals surface area contributed by atoms with Gasteiger partial charge in [-0.3, -0.25) is 4.79 Å². The van der Waals surface area contributed by atoms with E-state index in [0.717, 1.165) is 30.3 Å². The van der Waals surface area contributed by atoms with Gasteiger partial charge in [-0.05, 0) is 48.5 Å². The number of alkyl carbamates (subject to hydrolysis) is 1. The van der Waals surface area contributed by atoms with Crippen LogP contribution in [0.25, 0.3) is 11.3 Å². The molecule has 0 spiro atoms. The second kappa shape index (κ2) is 13.2. The van der Waals surface area contributed by atoms with Crippen molar-refractivity contribution in [2.24, 2.45) is 11.5 Å². The van der Waals surface area contributed by atoms with Crippen LogP contribution in [0, 0.1) is 17.5 Å². The first kappa shape index (κ1) is 28.9. The summed E-state index contributed by atoms with van der Waals surface area (Å²) in [6.45, 7) is -1.30. The fraction of sp³-hybridized carbons (Fsp3) is 0.200. The second-order valence-corrected chi connectivity index (χ2v) is 7.89. The highest BCUT2D eigenvalue weighted by Crippen LogP contribution is 2.32. The Balaban J connectivity index is 1.82. The van der Waals surface area contributed by atoms with E-state index in [9.17, 15) is 27.6 Å². The molecule has 206 valence electrons. The Bertz CT molecular complexity index is 1320. The van der Waals surface area contributed by atoms with Gasteiger partial charge < -0.3 is 31.4 Å². The zero-order chi connectivity index (χ0) is 28.5. The van der Waals surface area contributed by atoms with Crippen LogP contribution in [-0.4, -0.2) is 54.0 Å². The lowest BCUT2D eigenvalue weighted by Gasteiger charge is -2.22. The topological polar surface area (TPSA) is 170 Å². The van der Waals surface area contributed by atoms with Crippen molar-refractivity contribution in [3.63, 3.8) is 0 Å². The zero-order valence-electron chi connectivity index (χ0n) is 20.3. The average Bonchev–Trinajstić information content (AvgIpc) is 2.91. The van der Waals surface area contributed by atoms with Crippen molar-refractivity contribution >= 4 is 29.6 Å². The summed E-state index contributed by atoms with van der Waals surface area (Å²) in [6.07, 6.45) is -0.890. The summed E-state index contributed by atoms with van der Waals surface area (Å²) < 4.78 is 52.4. The Morgan fingerprint density at radius 3 is 2.28 bits per heavy atom. The molecule has 3 rings (SSSR count). The van der Waals surface area contributed by atoms with Crippen LogP contribution in [-0.2, 0) is 20.9 Å². The van der Waals surface area contributed by atoms with Gasteiger partial charge >= 0.3 is 18.1 Å². The van der Waals surface area contributed by atoms with E-state index in [1.54, 1.807) is 0 Å². The maximum Gasteiger partial charge on any atom is 0.407 e. The van der Waals surface area contributed by atoms with Crippen LogP contribution in [0.4, 0.5) is 34.3 Å². The van der Waals surface area contributed by atoms with Crippen molar-refractivity contribution in [3.05, 3.63) is 77.6 Å². The number of nitrogens with two attached hydrogens (primary N) is 2. The van der Waals surface area contributed by atoms with Crippen molar-refractivity contribution in [2.75, 3.05) is 24.7 Å². The molecule has 6 N–H and O–H groups in total. The summed E-state index contributed by atoms with van der Waals surface area (Å²) >= 11 is 0. The number of nitrogens with zero attached hydrogens (tertiary/aromatic N) is 2. The number of pyridine rings is 1. The van der Waals surface area contributed by atoms with Crippen LogP contribution in [0.5, 0.6) is 0 Å². The van der Waals surface area contributed by atoms with Crippen molar-refractivity contribution in [3.8, 4) is 11.3 Å². The summed E-state index contributed by atoms with van der Waals surface area (Å²) in [5, 5.41) is 11.2. The number of benzene rings is 2. The number of esters is 1. The first-order valence-electron chi connectivity index (χ1n) is 11.4. The van der Waals surface area contributed by atoms with E-state index in [2.05, 4.69) is 10.3 Å². The number of hydrogen-bond donors (Lipinski definition) is 4. The molecule has 2 aromatic carbocycles. The molecule has 3 amide bonds. The van der Waals surface area contributed by atoms with Gasteiger partial charge in [0.05, 0.1) is 18.8 Å². The van der Waals surface area contributed by atoms with Crippen LogP contribution < -0.4 is 21.7 Å². The van der Waals surface area contributed by atoms with E-state index in [4.69, 9.17) is 26.0 Å². The highest BCUT2D eigenvalue weighted by Gasteiger charge is 2.25. The van der Waals surface area contributed by atoms with E-state index in [-0.39, 0.29) is 31.3 Å². The minimum absolute atomic E-state index is 0.107. The Morgan fingerprint density at radius 1 is 1.00 bits per heavy atom. The van der Waals surface area contributed by atoms with E-state index in [0.29, 0.717) is 16.0 Å². The number of hydrogen-bond acceptors (Lipinski definition) is 8. The molecule has 3 aromatic rings. The Kier molecular flexibility index (Phi) is 9.78. The largest absolute Gasteiger partial charge is 0.463 e. The third-order valence-corrected chi connectivity index (χ3v) is 5.17. The summed E-state index contributed by atoms with van der Waals surface area (Å²) in [6, 6.07) is 8.24. The van der Waals surface area contributed by atoms with Crippen LogP contribution >= 0.6 is 0 Å². The molecule has 0 aliphatic carbocycles. The number of aromatic nitrogens is 1. The van der Waals surface area contributed by atoms with Crippen LogP contribution in [0.15, 0.2) is 54.6 Å². The minimum Gasteiger partial charge on any atom is -0.463 e. The number of aliphatic hydroxyl groups excluding tert-OH is 1. The predicted octanol–water partition coefficient (Wildman–Crippen LogP) is 2.47. The first-order chi connectivity index (χ1) is 18.6. The van der Waals surface area contributed by atoms with Gasteiger partial charge in [0.25, 0.3) is 0 Å². The minimum atomic E-state index is -1.22. The van der Waals surface area contributed by atoms with Crippen molar-refractivity contribution in [1.29, 1.82) is 0 Å². The molecule has 0 aliphatic heterocycles. The standard InChI is InChI=1S/C25H24F3N5O6/c26-16-7-4-14(5-8-16)21-15(13-39-25(37)31-10-11-38-23(35)19(29)12-34)6-9-20(32-21)33(24(30)36)22-17(27)2-1-3-18(22)28/h1-9,19,34H,10-13,29H2,(H2,30,36)(H,31,37)/t19-/m0/s1. The van der Waals surface area contributed by atoms with Gasteiger partial charge in [0, 0.05) is 11.1 Å². The molecule has 0 saturated carbocycles. The summed E-state index contributed by atoms with van der Waals surface area (Å²) in [5.74, 6) is -3.76. The highest BCUT2D eigenvalue weighted by atomic mass is 19.1. The SMILES string of the molecule is NC(=O)N(c1ccc(COC(=O)NCCOC(=O)[C@@H](N)CO)c(-c2ccc(F)cc2)n1)c1c(F)cccc1F. The quantitative estimate of drug-likeness (QED) is 0.222. The van der Waals surface area contributed by atoms with Gasteiger partial charge in [0.1, 0.15) is 48.2 Å². The molecular weight excluding hydrogens is 523 g/mol. The van der Waals surface area contributed by atoms with Crippen LogP contribution in [0.3, 0.4) is 0 Å². The van der Waals surface area contributed by atoms with Crippen molar-refractivity contribution in [1.82, 2.24) is 10.3 Å². The van der Waals surface area contributed by atoms with Crippen LogP contribution in [0.2, 0.25) is 0 Å². The molecule has 14 heteroatoms. The molecule has 0 radical (unpaired) electrons. The molecule has 1 aromatic heterocycles. The number of carbonyl (C=O) groups is 3. The number of urea groups is 1. The lowest BCUT2D eigenvalue weighted by molar-refractivity contribution is -0.145. The fourth-order valence-corrected chi connectivity index (χ4v) is 3.30. The lowest BCUT2D eigenvalue weighted by Crippen LogP contribution is -2.37. The van der Waals surface area contributed by atoms with E-state index >= 15 is 0 Å². The second-order valence-electron chi connectivity index (χ2n) is 7.89. The number of nitrogens with one attached hydrogen (secondary N) is 1. The molecule has 0 aliphatic rings. The summed E-state index contributed by atoms with van der Waals surface area (Å²) in [5.41, 5.74) is 10.7. The third-order valence-electron chi connectivity index (χ3n) is 5.17. The Labute approximate surface area is 220 Å². The number of amides is 3. The number of anilines is 2. The number of aliphatic hydroxyl groups is 1. The fourth-order valence-electron chi connectivity index (χ4n) is 3.30. The molecular formula is C25H24F3N5O6. The number of primary amides is 1. The van der Waals surface area contributed by atoms with E-state index in [1.807, 2.05) is 0 Å². The normalized spacial score (nSPS) is 11.4. The zero-order valence-corrected chi connectivity index (χ0v) is 20.3. The number of halogens is 3. The van der Waals surface area contributed by atoms with Gasteiger partial charge in [-0.1, -0.05) is 6.07 Å². The van der Waals surface area contributed by atoms with Gasteiger partial charge in [-0.25, -0.2) is 32.6 Å². The Hall–Kier alpha value is -4.69. The highest BCUT2D eigenvalue weighted by molar-refractivity contribution is 5.98. The summed E-state index contributed by atoms with van der Waals surface area (Å²) in [7, 11) is 0. The smallest absolute Gasteiger partial charge is 0.407 e. The monoisotopic (exact) mass is 547 g/mol. The van der Waals surface area contributed by atoms with Crippen LogP contribution in [0.1, 0.15) is 5.56 Å². The number of ether oxygens (including phenoxy) is 2. The number of para-hydroxylation sites is 1. The van der Waals surface area contributed by atoms with Crippen molar-refractivity contribution < 1.29 is 42.1 Å². The molecule has 1 atom stereocenters. The molecule has 1 heterocycles. The predicted molar refractivity (Wildman–Crippen MR) is 132 cm³/mol. The molecule has 39 heavy (non-hydrogen) atoms. The molecule has 0 fully saturated rings. The van der Waals surface area contributed by atoms with Gasteiger partial charge in [0.2, 0.25) is 0 Å². The molecule has 0 saturated heterocycles. The van der Waals surface area contributed by atoms with Gasteiger partial charge in [-0.2, -0.15) is 0 Å². The van der Waals surface area contributed by atoms with Gasteiger partial charge in [-0.15, -0.1) is 0 Å². The molecule has 11 nitrogen and oxygen atoms in total. The van der Waals surface area contributed by atoms with Gasteiger partial charge in [0.15, 0.2) is 0 Å². The Morgan fingerprint density at radius 2 is 1.67 bits per heavy atom. The van der Waals surface area contributed by atoms with E-state index < -0.39 is 53.9 Å². The molecule has 0 bridgehead atoms. The maximum atomic E-state index is 14.5. The molecule has 0 unspecified atom stereocenters. The summed E-state index contributed by atoms with van der Waals surface area (Å²) in [4.78, 5) is 40.6. The van der Waals surface area contributed by atoms with Crippen molar-refractivity contribution in [2.45, 2.75) is 12.6 Å². The lowest BCUT2D eigenvalue weighted by atomic mass is 10.1.